The second-order valence-corrected chi connectivity index (χ2v) is 9.28. The Hall–Kier alpha value is -2.74. The van der Waals surface area contributed by atoms with Gasteiger partial charge < -0.3 is 14.8 Å². The zero-order valence-corrected chi connectivity index (χ0v) is 21.4. The maximum Gasteiger partial charge on any atom is 0.294 e. The molecule has 1 aliphatic rings. The molecule has 0 aromatic heterocycles. The number of carbonyl (C=O) groups is 3. The monoisotopic (exact) mass is 592 g/mol. The molecule has 0 radical (unpaired) electrons. The van der Waals surface area contributed by atoms with Gasteiger partial charge in [-0.25, -0.2) is 0 Å². The number of halogens is 2. The minimum Gasteiger partial charge on any atom is -0.494 e. The molecule has 2 aromatic carbocycles. The number of thioether (sulfide) groups is 1. The van der Waals surface area contributed by atoms with Crippen molar-refractivity contribution in [2.24, 2.45) is 0 Å². The van der Waals surface area contributed by atoms with Gasteiger partial charge in [-0.05, 0) is 98.6 Å². The third-order valence-electron chi connectivity index (χ3n) is 4.24. The van der Waals surface area contributed by atoms with E-state index in [2.05, 4.69) is 43.1 Å². The van der Waals surface area contributed by atoms with Crippen molar-refractivity contribution >= 4 is 72.4 Å². The van der Waals surface area contributed by atoms with Crippen molar-refractivity contribution in [3.63, 3.8) is 0 Å². The zero-order valence-electron chi connectivity index (χ0n) is 17.4. The van der Waals surface area contributed by atoms with E-state index in [1.807, 2.05) is 6.92 Å². The van der Waals surface area contributed by atoms with Crippen LogP contribution in [0.25, 0.3) is 6.08 Å². The first-order chi connectivity index (χ1) is 15.8. The van der Waals surface area contributed by atoms with Gasteiger partial charge in [0.2, 0.25) is 5.91 Å². The fourth-order valence-corrected chi connectivity index (χ4v) is 5.14. The van der Waals surface area contributed by atoms with Crippen LogP contribution in [-0.4, -0.2) is 41.7 Å². The Labute approximate surface area is 212 Å². The Morgan fingerprint density at radius 2 is 1.85 bits per heavy atom. The number of nitrogens with zero attached hydrogens (tertiary/aromatic N) is 1. The fourth-order valence-electron chi connectivity index (χ4n) is 2.85. The topological polar surface area (TPSA) is 84.9 Å². The van der Waals surface area contributed by atoms with Crippen LogP contribution in [0.15, 0.2) is 50.2 Å². The molecule has 1 heterocycles. The number of carbonyl (C=O) groups excluding carboxylic acids is 3. The summed E-state index contributed by atoms with van der Waals surface area (Å²) >= 11 is 7.60. The van der Waals surface area contributed by atoms with Gasteiger partial charge in [0.25, 0.3) is 11.1 Å². The lowest BCUT2D eigenvalue weighted by atomic mass is 10.2. The van der Waals surface area contributed by atoms with Crippen LogP contribution in [0.3, 0.4) is 0 Å². The third-order valence-corrected chi connectivity index (χ3v) is 6.33. The van der Waals surface area contributed by atoms with Gasteiger partial charge in [-0.1, -0.05) is 5.92 Å². The molecule has 0 aliphatic carbocycles. The highest BCUT2D eigenvalue weighted by Crippen LogP contribution is 2.37. The average Bonchev–Trinajstić information content (AvgIpc) is 3.02. The van der Waals surface area contributed by atoms with E-state index in [4.69, 9.17) is 15.9 Å². The molecule has 0 spiro atoms. The largest absolute Gasteiger partial charge is 0.494 e. The van der Waals surface area contributed by atoms with Crippen molar-refractivity contribution in [1.82, 2.24) is 4.90 Å². The highest BCUT2D eigenvalue weighted by Gasteiger charge is 2.36. The molecule has 0 bridgehead atoms. The molecular formula is C23H18Br2N2O5S. The lowest BCUT2D eigenvalue weighted by Gasteiger charge is -2.13. The van der Waals surface area contributed by atoms with Crippen LogP contribution in [0.1, 0.15) is 12.5 Å². The predicted octanol–water partition coefficient (Wildman–Crippen LogP) is 5.30. The number of hydrogen-bond acceptors (Lipinski definition) is 6. The standard InChI is InChI=1S/C23H18Br2N2O5S/c1-3-9-32-21-17(24)10-14(11-18(21)25)12-19-22(29)27(23(30)33-19)13-20(28)26-15-5-7-16(8-6-15)31-4-2/h1,5-8,10-12H,4,9,13H2,2H3,(H,26,28)/b19-12+. The van der Waals surface area contributed by atoms with E-state index in [0.717, 1.165) is 16.7 Å². The van der Waals surface area contributed by atoms with Gasteiger partial charge in [0.15, 0.2) is 0 Å². The van der Waals surface area contributed by atoms with E-state index >= 15 is 0 Å². The number of hydrogen-bond donors (Lipinski definition) is 1. The molecular weight excluding hydrogens is 576 g/mol. The molecule has 170 valence electrons. The summed E-state index contributed by atoms with van der Waals surface area (Å²) in [5, 5.41) is 2.16. The van der Waals surface area contributed by atoms with Crippen molar-refractivity contribution in [3.05, 3.63) is 55.8 Å². The Balaban J connectivity index is 1.68. The molecule has 3 rings (SSSR count). The second kappa shape index (κ2) is 11.4. The van der Waals surface area contributed by atoms with Crippen molar-refractivity contribution < 1.29 is 23.9 Å². The SMILES string of the molecule is C#CCOc1c(Br)cc(/C=C2/SC(=O)N(CC(=O)Nc3ccc(OCC)cc3)C2=O)cc1Br. The summed E-state index contributed by atoms with van der Waals surface area (Å²) in [7, 11) is 0. The van der Waals surface area contributed by atoms with E-state index in [1.54, 1.807) is 42.5 Å². The number of anilines is 1. The van der Waals surface area contributed by atoms with Gasteiger partial charge in [0.1, 0.15) is 24.7 Å². The average molecular weight is 594 g/mol. The van der Waals surface area contributed by atoms with Crippen molar-refractivity contribution in [2.45, 2.75) is 6.92 Å². The summed E-state index contributed by atoms with van der Waals surface area (Å²) in [6.45, 7) is 2.13. The van der Waals surface area contributed by atoms with Crippen LogP contribution in [0, 0.1) is 12.3 Å². The second-order valence-electron chi connectivity index (χ2n) is 6.58. The highest BCUT2D eigenvalue weighted by atomic mass is 79.9. The molecule has 3 amide bonds. The van der Waals surface area contributed by atoms with Crippen LogP contribution < -0.4 is 14.8 Å². The molecule has 1 aliphatic heterocycles. The van der Waals surface area contributed by atoms with Gasteiger partial charge >= 0.3 is 0 Å². The first-order valence-corrected chi connectivity index (χ1v) is 12.1. The Kier molecular flexibility index (Phi) is 8.61. The Morgan fingerprint density at radius 3 is 2.45 bits per heavy atom. The fraction of sp³-hybridized carbons (Fsp3) is 0.174. The number of imide groups is 1. The number of amides is 3. The van der Waals surface area contributed by atoms with Crippen molar-refractivity contribution in [2.75, 3.05) is 25.1 Å². The van der Waals surface area contributed by atoms with Gasteiger partial charge in [0.05, 0.1) is 20.5 Å². The molecule has 1 N–H and O–H groups in total. The quantitative estimate of drug-likeness (QED) is 0.330. The summed E-state index contributed by atoms with van der Waals surface area (Å²) in [4.78, 5) is 38.6. The first kappa shape index (κ1) is 24.9. The maximum atomic E-state index is 12.8. The van der Waals surface area contributed by atoms with Gasteiger partial charge in [0, 0.05) is 5.69 Å². The molecule has 7 nitrogen and oxygen atoms in total. The summed E-state index contributed by atoms with van der Waals surface area (Å²) in [6, 6.07) is 10.3. The summed E-state index contributed by atoms with van der Waals surface area (Å²) in [5.41, 5.74) is 1.19. The first-order valence-electron chi connectivity index (χ1n) is 9.65. The smallest absolute Gasteiger partial charge is 0.294 e. The van der Waals surface area contributed by atoms with Crippen LogP contribution in [0.5, 0.6) is 11.5 Å². The molecule has 2 aromatic rings. The number of terminal acetylenes is 1. The predicted molar refractivity (Wildman–Crippen MR) is 135 cm³/mol. The van der Waals surface area contributed by atoms with E-state index in [9.17, 15) is 14.4 Å². The van der Waals surface area contributed by atoms with Gasteiger partial charge in [-0.3, -0.25) is 19.3 Å². The lowest BCUT2D eigenvalue weighted by molar-refractivity contribution is -0.127. The number of ether oxygens (including phenoxy) is 2. The summed E-state index contributed by atoms with van der Waals surface area (Å²) in [5.74, 6) is 2.59. The van der Waals surface area contributed by atoms with Crippen LogP contribution in [0.2, 0.25) is 0 Å². The minimum atomic E-state index is -0.535. The number of benzene rings is 2. The molecule has 0 saturated carbocycles. The highest BCUT2D eigenvalue weighted by molar-refractivity contribution is 9.11. The van der Waals surface area contributed by atoms with Crippen molar-refractivity contribution in [1.29, 1.82) is 0 Å². The van der Waals surface area contributed by atoms with E-state index < -0.39 is 17.1 Å². The van der Waals surface area contributed by atoms with Crippen molar-refractivity contribution in [3.8, 4) is 23.8 Å². The summed E-state index contributed by atoms with van der Waals surface area (Å²) < 4.78 is 12.1. The Morgan fingerprint density at radius 1 is 1.18 bits per heavy atom. The van der Waals surface area contributed by atoms with Gasteiger partial charge in [-0.15, -0.1) is 6.42 Å². The molecule has 0 atom stereocenters. The molecule has 33 heavy (non-hydrogen) atoms. The van der Waals surface area contributed by atoms with Crippen LogP contribution in [0.4, 0.5) is 10.5 Å². The van der Waals surface area contributed by atoms with E-state index in [0.29, 0.717) is 38.3 Å². The molecule has 1 saturated heterocycles. The lowest BCUT2D eigenvalue weighted by Crippen LogP contribution is -2.36. The molecule has 10 heteroatoms. The zero-order chi connectivity index (χ0) is 24.0. The molecule has 1 fully saturated rings. The third kappa shape index (κ3) is 6.41. The maximum absolute atomic E-state index is 12.8. The van der Waals surface area contributed by atoms with Crippen LogP contribution in [-0.2, 0) is 9.59 Å². The Bertz CT molecular complexity index is 1140. The summed E-state index contributed by atoms with van der Waals surface area (Å²) in [6.07, 6.45) is 6.80. The molecule has 0 unspecified atom stereocenters. The minimum absolute atomic E-state index is 0.105. The van der Waals surface area contributed by atoms with E-state index in [1.165, 1.54) is 0 Å². The van der Waals surface area contributed by atoms with Gasteiger partial charge in [-0.2, -0.15) is 0 Å². The van der Waals surface area contributed by atoms with E-state index in [-0.39, 0.29) is 18.1 Å². The number of nitrogens with one attached hydrogen (secondary N) is 1. The number of rotatable bonds is 8. The van der Waals surface area contributed by atoms with Crippen LogP contribution >= 0.6 is 43.6 Å². The normalized spacial score (nSPS) is 14.4.